The van der Waals surface area contributed by atoms with E-state index in [0.29, 0.717) is 31.0 Å². The Morgan fingerprint density at radius 2 is 2.15 bits per heavy atom. The maximum absolute atomic E-state index is 12.2. The summed E-state index contributed by atoms with van der Waals surface area (Å²) in [5, 5.41) is 6.89. The Hall–Kier alpha value is -1.86. The molecule has 1 fully saturated rings. The highest BCUT2D eigenvalue weighted by atomic mass is 32.2. The first-order chi connectivity index (χ1) is 13.1. The summed E-state index contributed by atoms with van der Waals surface area (Å²) in [6.07, 6.45) is 2.53. The molecule has 6 nitrogen and oxygen atoms in total. The smallest absolute Gasteiger partial charge is 0.226 e. The van der Waals surface area contributed by atoms with E-state index in [9.17, 15) is 4.79 Å². The number of anilines is 1. The van der Waals surface area contributed by atoms with Crippen molar-refractivity contribution in [1.82, 2.24) is 15.0 Å². The molecule has 3 rings (SSSR count). The zero-order valence-electron chi connectivity index (χ0n) is 16.2. The predicted octanol–water partition coefficient (Wildman–Crippen LogP) is 3.45. The number of rotatable bonds is 8. The van der Waals surface area contributed by atoms with Crippen LogP contribution in [0.1, 0.15) is 42.6 Å². The second-order valence-electron chi connectivity index (χ2n) is 6.90. The molecule has 1 aliphatic heterocycles. The number of nitrogens with zero attached hydrogens (tertiary/aromatic N) is 3. The fourth-order valence-corrected chi connectivity index (χ4v) is 4.11. The third-order valence-electron chi connectivity index (χ3n) is 4.70. The van der Waals surface area contributed by atoms with Gasteiger partial charge in [-0.05, 0) is 30.5 Å². The first kappa shape index (κ1) is 19.9. The molecule has 0 radical (unpaired) electrons. The first-order valence-corrected chi connectivity index (χ1v) is 10.8. The van der Waals surface area contributed by atoms with Crippen LogP contribution in [0.5, 0.6) is 0 Å². The normalized spacial score (nSPS) is 15.0. The van der Waals surface area contributed by atoms with Crippen molar-refractivity contribution in [1.29, 1.82) is 0 Å². The Morgan fingerprint density at radius 1 is 1.33 bits per heavy atom. The summed E-state index contributed by atoms with van der Waals surface area (Å²) in [4.78, 5) is 19.0. The van der Waals surface area contributed by atoms with Gasteiger partial charge in [0.2, 0.25) is 11.8 Å². The van der Waals surface area contributed by atoms with Crippen molar-refractivity contribution in [3.8, 4) is 0 Å². The fourth-order valence-electron chi connectivity index (χ4n) is 3.13. The summed E-state index contributed by atoms with van der Waals surface area (Å²) in [5.74, 6) is 3.78. The lowest BCUT2D eigenvalue weighted by atomic mass is 10.1. The van der Waals surface area contributed by atoms with Gasteiger partial charge in [0, 0.05) is 56.1 Å². The SMILES string of the molecule is CCc1noc(CCCC(=O)Nc2ccc(CN3CCSCC3)cc2C)n1. The molecule has 1 aromatic heterocycles. The zero-order valence-corrected chi connectivity index (χ0v) is 17.0. The van der Waals surface area contributed by atoms with Crippen molar-refractivity contribution >= 4 is 23.4 Å². The Balaban J connectivity index is 1.45. The highest BCUT2D eigenvalue weighted by molar-refractivity contribution is 7.99. The third kappa shape index (κ3) is 6.07. The molecule has 0 aliphatic carbocycles. The van der Waals surface area contributed by atoms with E-state index in [1.807, 2.05) is 24.8 Å². The van der Waals surface area contributed by atoms with Gasteiger partial charge < -0.3 is 9.84 Å². The van der Waals surface area contributed by atoms with Crippen LogP contribution in [-0.4, -0.2) is 45.5 Å². The molecule has 0 saturated carbocycles. The van der Waals surface area contributed by atoms with Gasteiger partial charge in [-0.15, -0.1) is 0 Å². The molecule has 1 saturated heterocycles. The fraction of sp³-hybridized carbons (Fsp3) is 0.550. The van der Waals surface area contributed by atoms with E-state index < -0.39 is 0 Å². The number of amides is 1. The lowest BCUT2D eigenvalue weighted by Gasteiger charge is -2.26. The molecule has 0 bridgehead atoms. The monoisotopic (exact) mass is 388 g/mol. The van der Waals surface area contributed by atoms with E-state index in [4.69, 9.17) is 4.52 Å². The molecule has 0 spiro atoms. The summed E-state index contributed by atoms with van der Waals surface area (Å²) in [5.41, 5.74) is 3.31. The molecule has 1 N–H and O–H groups in total. The van der Waals surface area contributed by atoms with Crippen LogP contribution < -0.4 is 5.32 Å². The number of hydrogen-bond donors (Lipinski definition) is 1. The number of aryl methyl sites for hydroxylation is 3. The van der Waals surface area contributed by atoms with Crippen LogP contribution in [0.25, 0.3) is 0 Å². The van der Waals surface area contributed by atoms with Crippen molar-refractivity contribution in [2.24, 2.45) is 0 Å². The minimum atomic E-state index is 0.0223. The van der Waals surface area contributed by atoms with E-state index in [1.165, 1.54) is 17.1 Å². The Bertz CT molecular complexity index is 756. The summed E-state index contributed by atoms with van der Waals surface area (Å²) >= 11 is 2.03. The van der Waals surface area contributed by atoms with Crippen LogP contribution in [0.2, 0.25) is 0 Å². The number of carbonyl (C=O) groups is 1. The van der Waals surface area contributed by atoms with Crippen molar-refractivity contribution in [3.05, 3.63) is 41.0 Å². The number of carbonyl (C=O) groups excluding carboxylic acids is 1. The number of hydrogen-bond acceptors (Lipinski definition) is 6. The first-order valence-electron chi connectivity index (χ1n) is 9.65. The minimum Gasteiger partial charge on any atom is -0.339 e. The van der Waals surface area contributed by atoms with Crippen LogP contribution in [-0.2, 0) is 24.2 Å². The second-order valence-corrected chi connectivity index (χ2v) is 8.12. The molecule has 0 unspecified atom stereocenters. The van der Waals surface area contributed by atoms with Gasteiger partial charge in [0.1, 0.15) is 0 Å². The van der Waals surface area contributed by atoms with E-state index in [1.54, 1.807) is 0 Å². The topological polar surface area (TPSA) is 71.3 Å². The van der Waals surface area contributed by atoms with Crippen molar-refractivity contribution in [2.75, 3.05) is 29.9 Å². The molecule has 2 aromatic rings. The van der Waals surface area contributed by atoms with Gasteiger partial charge in [-0.2, -0.15) is 16.7 Å². The van der Waals surface area contributed by atoms with Gasteiger partial charge in [-0.3, -0.25) is 9.69 Å². The van der Waals surface area contributed by atoms with E-state index in [2.05, 4.69) is 39.4 Å². The zero-order chi connectivity index (χ0) is 19.1. The second kappa shape index (κ2) is 9.90. The molecule has 2 heterocycles. The maximum atomic E-state index is 12.2. The molecule has 27 heavy (non-hydrogen) atoms. The molecular formula is C20H28N4O2S. The van der Waals surface area contributed by atoms with Crippen LogP contribution >= 0.6 is 11.8 Å². The van der Waals surface area contributed by atoms with Crippen LogP contribution in [0.3, 0.4) is 0 Å². The number of aromatic nitrogens is 2. The average Bonchev–Trinajstić information content (AvgIpc) is 3.13. The van der Waals surface area contributed by atoms with Gasteiger partial charge in [0.15, 0.2) is 5.82 Å². The van der Waals surface area contributed by atoms with E-state index >= 15 is 0 Å². The van der Waals surface area contributed by atoms with Gasteiger partial charge in [0.25, 0.3) is 0 Å². The highest BCUT2D eigenvalue weighted by Gasteiger charge is 2.12. The largest absolute Gasteiger partial charge is 0.339 e. The number of thioether (sulfide) groups is 1. The van der Waals surface area contributed by atoms with Gasteiger partial charge >= 0.3 is 0 Å². The van der Waals surface area contributed by atoms with Gasteiger partial charge in [-0.1, -0.05) is 24.2 Å². The number of benzene rings is 1. The lowest BCUT2D eigenvalue weighted by molar-refractivity contribution is -0.116. The Labute approximate surface area is 165 Å². The van der Waals surface area contributed by atoms with Crippen molar-refractivity contribution in [2.45, 2.75) is 46.1 Å². The third-order valence-corrected chi connectivity index (χ3v) is 5.64. The summed E-state index contributed by atoms with van der Waals surface area (Å²) in [6.45, 7) is 7.33. The van der Waals surface area contributed by atoms with Gasteiger partial charge in [-0.25, -0.2) is 0 Å². The van der Waals surface area contributed by atoms with Gasteiger partial charge in [0.05, 0.1) is 0 Å². The molecular weight excluding hydrogens is 360 g/mol. The van der Waals surface area contributed by atoms with E-state index in [0.717, 1.165) is 37.3 Å². The van der Waals surface area contributed by atoms with E-state index in [-0.39, 0.29) is 5.91 Å². The average molecular weight is 389 g/mol. The standard InChI is InChI=1S/C20H28N4O2S/c1-3-18-22-20(26-23-18)6-4-5-19(25)21-17-8-7-16(13-15(17)2)14-24-9-11-27-12-10-24/h7-8,13H,3-6,9-12,14H2,1-2H3,(H,21,25). The van der Waals surface area contributed by atoms with Crippen LogP contribution in [0.15, 0.2) is 22.7 Å². The molecule has 1 aromatic carbocycles. The quantitative estimate of drug-likeness (QED) is 0.747. The highest BCUT2D eigenvalue weighted by Crippen LogP contribution is 2.19. The maximum Gasteiger partial charge on any atom is 0.226 e. The molecule has 1 amide bonds. The molecule has 1 aliphatic rings. The van der Waals surface area contributed by atoms with Crippen molar-refractivity contribution < 1.29 is 9.32 Å². The molecule has 0 atom stereocenters. The lowest BCUT2D eigenvalue weighted by Crippen LogP contribution is -2.31. The predicted molar refractivity (Wildman–Crippen MR) is 109 cm³/mol. The van der Waals surface area contributed by atoms with Crippen LogP contribution in [0, 0.1) is 6.92 Å². The Morgan fingerprint density at radius 3 is 2.85 bits per heavy atom. The van der Waals surface area contributed by atoms with Crippen molar-refractivity contribution in [3.63, 3.8) is 0 Å². The van der Waals surface area contributed by atoms with Crippen LogP contribution in [0.4, 0.5) is 5.69 Å². The molecule has 146 valence electrons. The number of nitrogens with one attached hydrogen (secondary N) is 1. The summed E-state index contributed by atoms with van der Waals surface area (Å²) in [6, 6.07) is 6.32. The summed E-state index contributed by atoms with van der Waals surface area (Å²) < 4.78 is 5.15. The summed E-state index contributed by atoms with van der Waals surface area (Å²) in [7, 11) is 0. The minimum absolute atomic E-state index is 0.0223. The Kier molecular flexibility index (Phi) is 7.29. The molecule has 7 heteroatoms.